The molecule has 0 saturated carbocycles. The largest absolute Gasteiger partial charge is 0.494 e. The summed E-state index contributed by atoms with van der Waals surface area (Å²) < 4.78 is 18.8. The number of rotatable bonds is 4. The SMILES string of the molecule is CCOc1ccc(C(Br)c2ccc(Cl)c(F)c2)cc1. The quantitative estimate of drug-likeness (QED) is 0.679. The molecular formula is C15H13BrClFO. The van der Waals surface area contributed by atoms with Crippen LogP contribution in [0.5, 0.6) is 5.75 Å². The van der Waals surface area contributed by atoms with Gasteiger partial charge in [0.15, 0.2) is 0 Å². The van der Waals surface area contributed by atoms with Gasteiger partial charge in [-0.15, -0.1) is 0 Å². The fraction of sp³-hybridized carbons (Fsp3) is 0.200. The van der Waals surface area contributed by atoms with Gasteiger partial charge in [-0.2, -0.15) is 0 Å². The number of alkyl halides is 1. The van der Waals surface area contributed by atoms with E-state index in [-0.39, 0.29) is 9.85 Å². The van der Waals surface area contributed by atoms with Crippen LogP contribution in [0.3, 0.4) is 0 Å². The van der Waals surface area contributed by atoms with Crippen LogP contribution in [-0.4, -0.2) is 6.61 Å². The third-order valence-electron chi connectivity index (χ3n) is 2.72. The zero-order valence-corrected chi connectivity index (χ0v) is 12.7. The van der Waals surface area contributed by atoms with Crippen LogP contribution in [-0.2, 0) is 0 Å². The molecule has 4 heteroatoms. The molecule has 2 aromatic rings. The van der Waals surface area contributed by atoms with Gasteiger partial charge >= 0.3 is 0 Å². The number of benzene rings is 2. The molecule has 1 atom stereocenters. The van der Waals surface area contributed by atoms with Gasteiger partial charge in [-0.3, -0.25) is 0 Å². The van der Waals surface area contributed by atoms with Crippen LogP contribution in [0.25, 0.3) is 0 Å². The highest BCUT2D eigenvalue weighted by molar-refractivity contribution is 9.09. The highest BCUT2D eigenvalue weighted by Crippen LogP contribution is 2.33. The second-order valence-electron chi connectivity index (χ2n) is 4.04. The van der Waals surface area contributed by atoms with E-state index in [1.54, 1.807) is 12.1 Å². The summed E-state index contributed by atoms with van der Waals surface area (Å²) in [4.78, 5) is -0.0741. The molecule has 0 aliphatic carbocycles. The van der Waals surface area contributed by atoms with Crippen LogP contribution in [0.15, 0.2) is 42.5 Å². The molecule has 0 amide bonds. The first-order chi connectivity index (χ1) is 9.11. The molecule has 0 radical (unpaired) electrons. The molecule has 0 fully saturated rings. The lowest BCUT2D eigenvalue weighted by atomic mass is 10.0. The van der Waals surface area contributed by atoms with Crippen LogP contribution in [0.1, 0.15) is 22.9 Å². The molecule has 0 aliphatic heterocycles. The number of halogens is 3. The molecule has 0 aliphatic rings. The van der Waals surface area contributed by atoms with E-state index in [2.05, 4.69) is 15.9 Å². The minimum absolute atomic E-state index is 0.0741. The minimum Gasteiger partial charge on any atom is -0.494 e. The predicted molar refractivity (Wildman–Crippen MR) is 79.8 cm³/mol. The molecule has 0 saturated heterocycles. The molecule has 0 N–H and O–H groups in total. The summed E-state index contributed by atoms with van der Waals surface area (Å²) in [6.45, 7) is 2.58. The molecule has 2 aromatic carbocycles. The Hall–Kier alpha value is -1.06. The Balaban J connectivity index is 2.22. The van der Waals surface area contributed by atoms with Crippen LogP contribution < -0.4 is 4.74 Å². The topological polar surface area (TPSA) is 9.23 Å². The van der Waals surface area contributed by atoms with E-state index < -0.39 is 5.82 Å². The Morgan fingerprint density at radius 2 is 1.79 bits per heavy atom. The van der Waals surface area contributed by atoms with Crippen molar-refractivity contribution < 1.29 is 9.13 Å². The van der Waals surface area contributed by atoms with Crippen molar-refractivity contribution in [1.29, 1.82) is 0 Å². The van der Waals surface area contributed by atoms with E-state index >= 15 is 0 Å². The summed E-state index contributed by atoms with van der Waals surface area (Å²) in [5.74, 6) is 0.419. The zero-order valence-electron chi connectivity index (χ0n) is 10.4. The Morgan fingerprint density at radius 1 is 1.16 bits per heavy atom. The molecule has 0 heterocycles. The van der Waals surface area contributed by atoms with Crippen molar-refractivity contribution >= 4 is 27.5 Å². The van der Waals surface area contributed by atoms with Crippen LogP contribution in [0.2, 0.25) is 5.02 Å². The lowest BCUT2D eigenvalue weighted by Crippen LogP contribution is -1.95. The number of ether oxygens (including phenoxy) is 1. The smallest absolute Gasteiger partial charge is 0.142 e. The molecule has 0 aromatic heterocycles. The molecule has 100 valence electrons. The fourth-order valence-corrected chi connectivity index (χ4v) is 2.47. The van der Waals surface area contributed by atoms with Gasteiger partial charge in [0.2, 0.25) is 0 Å². The second-order valence-corrected chi connectivity index (χ2v) is 5.36. The summed E-state index contributed by atoms with van der Waals surface area (Å²) in [5, 5.41) is 0.134. The lowest BCUT2D eigenvalue weighted by molar-refractivity contribution is 0.340. The number of hydrogen-bond acceptors (Lipinski definition) is 1. The maximum atomic E-state index is 13.4. The van der Waals surface area contributed by atoms with Crippen LogP contribution in [0, 0.1) is 5.82 Å². The molecule has 0 spiro atoms. The van der Waals surface area contributed by atoms with Crippen LogP contribution >= 0.6 is 27.5 Å². The standard InChI is InChI=1S/C15H13BrClFO/c1-2-19-12-6-3-10(4-7-12)15(16)11-5-8-13(17)14(18)9-11/h3-9,15H,2H2,1H3. The molecular weight excluding hydrogens is 331 g/mol. The normalized spacial score (nSPS) is 12.2. The zero-order chi connectivity index (χ0) is 13.8. The summed E-state index contributed by atoms with van der Waals surface area (Å²) in [6, 6.07) is 12.5. The van der Waals surface area contributed by atoms with Crippen molar-refractivity contribution in [2.45, 2.75) is 11.8 Å². The summed E-state index contributed by atoms with van der Waals surface area (Å²) in [5.41, 5.74) is 1.86. The highest BCUT2D eigenvalue weighted by Gasteiger charge is 2.12. The van der Waals surface area contributed by atoms with Crippen molar-refractivity contribution in [2.75, 3.05) is 6.61 Å². The first kappa shape index (κ1) is 14.4. The summed E-state index contributed by atoms with van der Waals surface area (Å²) in [7, 11) is 0. The van der Waals surface area contributed by atoms with Crippen molar-refractivity contribution in [3.63, 3.8) is 0 Å². The minimum atomic E-state index is -0.408. The third kappa shape index (κ3) is 3.48. The Kier molecular flexibility index (Phi) is 4.83. The molecule has 19 heavy (non-hydrogen) atoms. The van der Waals surface area contributed by atoms with Gasteiger partial charge < -0.3 is 4.74 Å². The first-order valence-corrected chi connectivity index (χ1v) is 7.23. The van der Waals surface area contributed by atoms with Gasteiger partial charge in [-0.25, -0.2) is 4.39 Å². The van der Waals surface area contributed by atoms with E-state index in [9.17, 15) is 4.39 Å². The molecule has 1 unspecified atom stereocenters. The molecule has 0 bridgehead atoms. The van der Waals surface area contributed by atoms with Gasteiger partial charge in [0.1, 0.15) is 11.6 Å². The van der Waals surface area contributed by atoms with E-state index in [1.165, 1.54) is 6.07 Å². The van der Waals surface area contributed by atoms with Gasteiger partial charge in [-0.05, 0) is 42.3 Å². The lowest BCUT2D eigenvalue weighted by Gasteiger charge is -2.12. The first-order valence-electron chi connectivity index (χ1n) is 5.93. The van der Waals surface area contributed by atoms with E-state index in [4.69, 9.17) is 16.3 Å². The number of hydrogen-bond donors (Lipinski definition) is 0. The van der Waals surface area contributed by atoms with Crippen LogP contribution in [0.4, 0.5) is 4.39 Å². The Labute approximate surface area is 125 Å². The summed E-state index contributed by atoms with van der Waals surface area (Å²) in [6.07, 6.45) is 0. The van der Waals surface area contributed by atoms with Crippen molar-refractivity contribution in [3.8, 4) is 5.75 Å². The molecule has 1 nitrogen and oxygen atoms in total. The van der Waals surface area contributed by atoms with E-state index in [1.807, 2.05) is 31.2 Å². The van der Waals surface area contributed by atoms with Gasteiger partial charge in [0, 0.05) is 0 Å². The Morgan fingerprint density at radius 3 is 2.37 bits per heavy atom. The average molecular weight is 344 g/mol. The van der Waals surface area contributed by atoms with E-state index in [0.29, 0.717) is 6.61 Å². The average Bonchev–Trinajstić information content (AvgIpc) is 2.42. The van der Waals surface area contributed by atoms with Crippen molar-refractivity contribution in [2.24, 2.45) is 0 Å². The third-order valence-corrected chi connectivity index (χ3v) is 4.08. The summed E-state index contributed by atoms with van der Waals surface area (Å²) >= 11 is 9.25. The maximum Gasteiger partial charge on any atom is 0.142 e. The molecule has 2 rings (SSSR count). The van der Waals surface area contributed by atoms with Gasteiger partial charge in [0.25, 0.3) is 0 Å². The van der Waals surface area contributed by atoms with Gasteiger partial charge in [0.05, 0.1) is 16.5 Å². The predicted octanol–water partition coefficient (Wildman–Crippen LogP) is 5.36. The second kappa shape index (κ2) is 6.40. The van der Waals surface area contributed by atoms with Gasteiger partial charge in [-0.1, -0.05) is 45.7 Å². The van der Waals surface area contributed by atoms with Crippen molar-refractivity contribution in [1.82, 2.24) is 0 Å². The Bertz CT molecular complexity index is 557. The monoisotopic (exact) mass is 342 g/mol. The maximum absolute atomic E-state index is 13.4. The van der Waals surface area contributed by atoms with Crippen molar-refractivity contribution in [3.05, 3.63) is 64.4 Å². The fourth-order valence-electron chi connectivity index (χ4n) is 1.76. The highest BCUT2D eigenvalue weighted by atomic mass is 79.9. The van der Waals surface area contributed by atoms with E-state index in [0.717, 1.165) is 16.9 Å².